The lowest BCUT2D eigenvalue weighted by atomic mass is 9.97. The molecule has 0 atom stereocenters. The average Bonchev–Trinajstić information content (AvgIpc) is 3.58. The zero-order valence-corrected chi connectivity index (χ0v) is 17.3. The van der Waals surface area contributed by atoms with Gasteiger partial charge in [-0.2, -0.15) is 0 Å². The van der Waals surface area contributed by atoms with Crippen LogP contribution in [0.4, 0.5) is 0 Å². The smallest absolute Gasteiger partial charge is 0.115 e. The monoisotopic (exact) mass is 412 g/mol. The van der Waals surface area contributed by atoms with Crippen molar-refractivity contribution < 1.29 is 0 Å². The van der Waals surface area contributed by atoms with Crippen LogP contribution in [0, 0.1) is 0 Å². The van der Waals surface area contributed by atoms with Gasteiger partial charge >= 0.3 is 0 Å². The Hall–Kier alpha value is -4.44. The molecule has 0 fully saturated rings. The van der Waals surface area contributed by atoms with E-state index in [0.717, 1.165) is 56.1 Å². The van der Waals surface area contributed by atoms with Crippen molar-refractivity contribution >= 4 is 11.0 Å². The van der Waals surface area contributed by atoms with Crippen molar-refractivity contribution in [2.45, 2.75) is 0 Å². The molecule has 32 heavy (non-hydrogen) atoms. The molecule has 0 bridgehead atoms. The number of hydrogen-bond acceptors (Lipinski definition) is 2. The van der Waals surface area contributed by atoms with E-state index < -0.39 is 0 Å². The van der Waals surface area contributed by atoms with Crippen molar-refractivity contribution in [3.8, 4) is 45.0 Å². The maximum absolute atomic E-state index is 5.22. The molecule has 0 aliphatic rings. The zero-order chi connectivity index (χ0) is 21.3. The van der Waals surface area contributed by atoms with Crippen LogP contribution in [0.25, 0.3) is 56.1 Å². The Kier molecular flexibility index (Phi) is 4.40. The Labute approximate surface area is 185 Å². The van der Waals surface area contributed by atoms with Crippen molar-refractivity contribution in [3.63, 3.8) is 0 Å². The summed E-state index contributed by atoms with van der Waals surface area (Å²) < 4.78 is 0. The summed E-state index contributed by atoms with van der Waals surface area (Å²) >= 11 is 0. The first kappa shape index (κ1) is 18.3. The normalized spacial score (nSPS) is 11.1. The molecule has 3 aromatic heterocycles. The number of nitrogens with zero attached hydrogens (tertiary/aromatic N) is 2. The SMILES string of the molecule is c1ccc(-c2ccc(-c3ccccc3)c3nc(-c4ccc[nH]4)c(-c4ccc[nH]4)nc23)cc1. The Morgan fingerprint density at radius 2 is 0.875 bits per heavy atom. The molecule has 0 saturated heterocycles. The number of benzene rings is 3. The summed E-state index contributed by atoms with van der Waals surface area (Å²) in [6.45, 7) is 0. The van der Waals surface area contributed by atoms with Gasteiger partial charge in [0.1, 0.15) is 11.4 Å². The maximum Gasteiger partial charge on any atom is 0.115 e. The van der Waals surface area contributed by atoms with Crippen LogP contribution in [0.1, 0.15) is 0 Å². The van der Waals surface area contributed by atoms with Crippen LogP contribution in [0.3, 0.4) is 0 Å². The topological polar surface area (TPSA) is 57.4 Å². The predicted molar refractivity (Wildman–Crippen MR) is 130 cm³/mol. The van der Waals surface area contributed by atoms with E-state index >= 15 is 0 Å². The molecule has 0 spiro atoms. The third-order valence-corrected chi connectivity index (χ3v) is 5.70. The van der Waals surface area contributed by atoms with Gasteiger partial charge < -0.3 is 9.97 Å². The van der Waals surface area contributed by atoms with Crippen molar-refractivity contribution in [3.05, 3.63) is 109 Å². The lowest BCUT2D eigenvalue weighted by molar-refractivity contribution is 1.24. The highest BCUT2D eigenvalue weighted by Gasteiger charge is 2.19. The standard InChI is InChI=1S/C28H20N4/c1-3-9-19(10-4-1)21-15-16-22(20-11-5-2-6-12-20)26-25(21)31-27(23-13-7-17-29-23)28(32-26)24-14-8-18-30-24/h1-18,29-30H. The van der Waals surface area contributed by atoms with E-state index in [-0.39, 0.29) is 0 Å². The molecule has 0 saturated carbocycles. The third-order valence-electron chi connectivity index (χ3n) is 5.70. The molecule has 0 aliphatic carbocycles. The number of rotatable bonds is 4. The average molecular weight is 412 g/mol. The fraction of sp³-hybridized carbons (Fsp3) is 0. The van der Waals surface area contributed by atoms with Gasteiger partial charge in [-0.05, 0) is 35.4 Å². The lowest BCUT2D eigenvalue weighted by Gasteiger charge is -2.14. The fourth-order valence-corrected chi connectivity index (χ4v) is 4.17. The number of nitrogens with one attached hydrogen (secondary N) is 2. The summed E-state index contributed by atoms with van der Waals surface area (Å²) in [5, 5.41) is 0. The molecular formula is C28H20N4. The van der Waals surface area contributed by atoms with E-state index in [9.17, 15) is 0 Å². The lowest BCUT2D eigenvalue weighted by Crippen LogP contribution is -1.99. The van der Waals surface area contributed by atoms with Gasteiger partial charge in [-0.3, -0.25) is 0 Å². The van der Waals surface area contributed by atoms with E-state index in [2.05, 4.69) is 70.6 Å². The molecule has 0 unspecified atom stereocenters. The van der Waals surface area contributed by atoms with Gasteiger partial charge in [-0.1, -0.05) is 72.8 Å². The third kappa shape index (κ3) is 3.10. The van der Waals surface area contributed by atoms with Crippen LogP contribution in [-0.2, 0) is 0 Å². The molecule has 3 aromatic carbocycles. The molecule has 0 radical (unpaired) electrons. The Morgan fingerprint density at radius 3 is 1.25 bits per heavy atom. The van der Waals surface area contributed by atoms with Gasteiger partial charge in [0.25, 0.3) is 0 Å². The first-order valence-electron chi connectivity index (χ1n) is 10.6. The van der Waals surface area contributed by atoms with Crippen LogP contribution < -0.4 is 0 Å². The summed E-state index contributed by atoms with van der Waals surface area (Å²) in [5.41, 5.74) is 9.68. The van der Waals surface area contributed by atoms with Crippen LogP contribution in [0.5, 0.6) is 0 Å². The summed E-state index contributed by atoms with van der Waals surface area (Å²) in [6.07, 6.45) is 3.83. The van der Waals surface area contributed by atoms with E-state index in [1.807, 2.05) is 48.8 Å². The fourth-order valence-electron chi connectivity index (χ4n) is 4.17. The van der Waals surface area contributed by atoms with Crippen LogP contribution in [0.15, 0.2) is 109 Å². The molecule has 3 heterocycles. The second kappa shape index (κ2) is 7.67. The van der Waals surface area contributed by atoms with Crippen LogP contribution in [0.2, 0.25) is 0 Å². The number of H-pyrrole nitrogens is 2. The zero-order valence-electron chi connectivity index (χ0n) is 17.3. The van der Waals surface area contributed by atoms with Crippen LogP contribution >= 0.6 is 0 Å². The maximum atomic E-state index is 5.22. The molecule has 4 heteroatoms. The van der Waals surface area contributed by atoms with E-state index in [4.69, 9.17) is 9.97 Å². The van der Waals surface area contributed by atoms with E-state index in [1.165, 1.54) is 0 Å². The number of hydrogen-bond donors (Lipinski definition) is 2. The highest BCUT2D eigenvalue weighted by Crippen LogP contribution is 2.37. The molecule has 6 aromatic rings. The van der Waals surface area contributed by atoms with E-state index in [1.54, 1.807) is 0 Å². The second-order valence-electron chi connectivity index (χ2n) is 7.68. The van der Waals surface area contributed by atoms with Crippen molar-refractivity contribution in [2.75, 3.05) is 0 Å². The summed E-state index contributed by atoms with van der Waals surface area (Å²) in [4.78, 5) is 17.1. The molecule has 0 aliphatic heterocycles. The Balaban J connectivity index is 1.73. The Morgan fingerprint density at radius 1 is 0.438 bits per heavy atom. The summed E-state index contributed by atoms with van der Waals surface area (Å²) in [6, 6.07) is 33.1. The number of fused-ring (bicyclic) bond motifs is 1. The predicted octanol–water partition coefficient (Wildman–Crippen LogP) is 6.95. The first-order valence-corrected chi connectivity index (χ1v) is 10.6. The van der Waals surface area contributed by atoms with Crippen molar-refractivity contribution in [1.29, 1.82) is 0 Å². The van der Waals surface area contributed by atoms with Gasteiger partial charge in [-0.15, -0.1) is 0 Å². The van der Waals surface area contributed by atoms with Gasteiger partial charge in [0.15, 0.2) is 0 Å². The van der Waals surface area contributed by atoms with Gasteiger partial charge in [-0.25, -0.2) is 9.97 Å². The van der Waals surface area contributed by atoms with Gasteiger partial charge in [0.2, 0.25) is 0 Å². The first-order chi connectivity index (χ1) is 15.9. The minimum atomic E-state index is 0.826. The molecule has 0 amide bonds. The van der Waals surface area contributed by atoms with Gasteiger partial charge in [0.05, 0.1) is 22.4 Å². The van der Waals surface area contributed by atoms with Crippen molar-refractivity contribution in [1.82, 2.24) is 19.9 Å². The number of aromatic amines is 2. The molecule has 2 N–H and O–H groups in total. The minimum Gasteiger partial charge on any atom is -0.360 e. The highest BCUT2D eigenvalue weighted by atomic mass is 14.9. The minimum absolute atomic E-state index is 0.826. The van der Waals surface area contributed by atoms with Crippen LogP contribution in [-0.4, -0.2) is 19.9 Å². The van der Waals surface area contributed by atoms with Gasteiger partial charge in [0, 0.05) is 23.5 Å². The van der Waals surface area contributed by atoms with Crippen molar-refractivity contribution in [2.24, 2.45) is 0 Å². The Bertz CT molecular complexity index is 1370. The van der Waals surface area contributed by atoms with E-state index in [0.29, 0.717) is 0 Å². The quantitative estimate of drug-likeness (QED) is 0.329. The molecule has 4 nitrogen and oxygen atoms in total. The number of aromatic nitrogens is 4. The second-order valence-corrected chi connectivity index (χ2v) is 7.68. The highest BCUT2D eigenvalue weighted by molar-refractivity contribution is 6.02. The largest absolute Gasteiger partial charge is 0.360 e. The molecular weight excluding hydrogens is 392 g/mol. The summed E-state index contributed by atoms with van der Waals surface area (Å²) in [5.74, 6) is 0. The molecule has 152 valence electrons. The molecule has 6 rings (SSSR count). The summed E-state index contributed by atoms with van der Waals surface area (Å²) in [7, 11) is 0.